The highest BCUT2D eigenvalue weighted by Crippen LogP contribution is 2.42. The molecule has 2 nitrogen and oxygen atoms in total. The van der Waals surface area contributed by atoms with E-state index in [2.05, 4.69) is 5.32 Å². The molecule has 0 aliphatic heterocycles. The largest absolute Gasteiger partial charge is 0.376 e. The number of hydrogen-bond donors (Lipinski definition) is 1. The normalized spacial score (nSPS) is 19.8. The van der Waals surface area contributed by atoms with E-state index >= 15 is 0 Å². The first-order chi connectivity index (χ1) is 9.63. The van der Waals surface area contributed by atoms with Crippen molar-refractivity contribution in [2.45, 2.75) is 50.7 Å². The lowest BCUT2D eigenvalue weighted by Crippen LogP contribution is -2.47. The molecule has 0 radical (unpaired) electrons. The average molecular weight is 300 g/mol. The van der Waals surface area contributed by atoms with Crippen molar-refractivity contribution in [2.24, 2.45) is 0 Å². The summed E-state index contributed by atoms with van der Waals surface area (Å²) in [5.74, 6) is -0.259. The van der Waals surface area contributed by atoms with Gasteiger partial charge in [0.2, 0.25) is 0 Å². The molecule has 20 heavy (non-hydrogen) atoms. The lowest BCUT2D eigenvalue weighted by molar-refractivity contribution is -0.0691. The smallest absolute Gasteiger partial charge is 0.129 e. The molecular formula is C16H23ClFNO. The van der Waals surface area contributed by atoms with Crippen LogP contribution in [-0.4, -0.2) is 19.3 Å². The van der Waals surface area contributed by atoms with Crippen molar-refractivity contribution in [1.82, 2.24) is 5.32 Å². The zero-order valence-corrected chi connectivity index (χ0v) is 13.0. The Balaban J connectivity index is 2.38. The molecule has 1 saturated carbocycles. The molecule has 1 N–H and O–H groups in total. The molecule has 0 saturated heterocycles. The van der Waals surface area contributed by atoms with Crippen LogP contribution < -0.4 is 5.32 Å². The van der Waals surface area contributed by atoms with Gasteiger partial charge >= 0.3 is 0 Å². The van der Waals surface area contributed by atoms with Crippen LogP contribution in [0.25, 0.3) is 0 Å². The Labute approximate surface area is 125 Å². The van der Waals surface area contributed by atoms with E-state index in [4.69, 9.17) is 16.3 Å². The number of ether oxygens (including phenoxy) is 1. The molecule has 1 aromatic carbocycles. The van der Waals surface area contributed by atoms with E-state index < -0.39 is 0 Å². The van der Waals surface area contributed by atoms with Gasteiger partial charge in [0.25, 0.3) is 0 Å². The molecule has 0 aromatic heterocycles. The minimum atomic E-state index is -0.317. The van der Waals surface area contributed by atoms with Crippen molar-refractivity contribution in [2.75, 3.05) is 13.7 Å². The fourth-order valence-electron chi connectivity index (χ4n) is 3.28. The number of hydrogen-bond acceptors (Lipinski definition) is 2. The SMILES string of the molecule is CCNC(c1ccc(Cl)cc1F)C1(OC)CCCCC1. The van der Waals surface area contributed by atoms with Crippen molar-refractivity contribution in [3.63, 3.8) is 0 Å². The van der Waals surface area contributed by atoms with E-state index in [9.17, 15) is 4.39 Å². The second-order valence-electron chi connectivity index (χ2n) is 5.49. The summed E-state index contributed by atoms with van der Waals surface area (Å²) in [7, 11) is 1.74. The summed E-state index contributed by atoms with van der Waals surface area (Å²) in [4.78, 5) is 0. The molecule has 1 fully saturated rings. The van der Waals surface area contributed by atoms with Crippen molar-refractivity contribution in [3.05, 3.63) is 34.6 Å². The van der Waals surface area contributed by atoms with Crippen LogP contribution >= 0.6 is 11.6 Å². The van der Waals surface area contributed by atoms with Crippen molar-refractivity contribution >= 4 is 11.6 Å². The van der Waals surface area contributed by atoms with Gasteiger partial charge in [-0.2, -0.15) is 0 Å². The van der Waals surface area contributed by atoms with Gasteiger partial charge in [-0.25, -0.2) is 4.39 Å². The van der Waals surface area contributed by atoms with Crippen molar-refractivity contribution in [3.8, 4) is 0 Å². The highest BCUT2D eigenvalue weighted by Gasteiger charge is 2.41. The number of halogens is 2. The second-order valence-corrected chi connectivity index (χ2v) is 5.92. The van der Waals surface area contributed by atoms with Gasteiger partial charge in [-0.05, 0) is 31.5 Å². The minimum absolute atomic E-state index is 0.130. The third kappa shape index (κ3) is 3.16. The highest BCUT2D eigenvalue weighted by molar-refractivity contribution is 6.30. The second kappa shape index (κ2) is 6.88. The molecule has 1 atom stereocenters. The van der Waals surface area contributed by atoms with Crippen LogP contribution in [0.1, 0.15) is 50.6 Å². The topological polar surface area (TPSA) is 21.3 Å². The fraction of sp³-hybridized carbons (Fsp3) is 0.625. The van der Waals surface area contributed by atoms with Crippen LogP contribution in [0.5, 0.6) is 0 Å². The molecule has 4 heteroatoms. The number of methoxy groups -OCH3 is 1. The maximum atomic E-state index is 14.3. The molecule has 112 valence electrons. The summed E-state index contributed by atoms with van der Waals surface area (Å²) >= 11 is 5.86. The molecule has 1 aromatic rings. The van der Waals surface area contributed by atoms with Gasteiger partial charge in [0.05, 0.1) is 11.6 Å². The van der Waals surface area contributed by atoms with Gasteiger partial charge in [-0.15, -0.1) is 0 Å². The predicted molar refractivity (Wildman–Crippen MR) is 80.7 cm³/mol. The number of benzene rings is 1. The van der Waals surface area contributed by atoms with E-state index in [0.29, 0.717) is 10.6 Å². The first kappa shape index (κ1) is 15.7. The Morgan fingerprint density at radius 2 is 2.05 bits per heavy atom. The van der Waals surface area contributed by atoms with Crippen LogP contribution in [0, 0.1) is 5.82 Å². The zero-order valence-electron chi connectivity index (χ0n) is 12.2. The molecule has 0 bridgehead atoms. The Morgan fingerprint density at radius 3 is 2.60 bits per heavy atom. The fourth-order valence-corrected chi connectivity index (χ4v) is 3.44. The van der Waals surface area contributed by atoms with Gasteiger partial charge in [0.15, 0.2) is 0 Å². The van der Waals surface area contributed by atoms with Crippen LogP contribution in [-0.2, 0) is 4.74 Å². The molecule has 0 heterocycles. The zero-order chi connectivity index (χ0) is 14.6. The first-order valence-corrected chi connectivity index (χ1v) is 7.74. The Morgan fingerprint density at radius 1 is 1.35 bits per heavy atom. The molecule has 1 aliphatic rings. The lowest BCUT2D eigenvalue weighted by atomic mass is 9.76. The molecule has 0 spiro atoms. The Kier molecular flexibility index (Phi) is 5.42. The predicted octanol–water partition coefficient (Wildman–Crippen LogP) is 4.48. The summed E-state index contributed by atoms with van der Waals surface area (Å²) < 4.78 is 20.2. The van der Waals surface area contributed by atoms with Gasteiger partial charge in [0.1, 0.15) is 5.82 Å². The van der Waals surface area contributed by atoms with E-state index in [1.165, 1.54) is 12.5 Å². The van der Waals surface area contributed by atoms with Crippen molar-refractivity contribution < 1.29 is 9.13 Å². The summed E-state index contributed by atoms with van der Waals surface area (Å²) in [5.41, 5.74) is 0.336. The summed E-state index contributed by atoms with van der Waals surface area (Å²) in [6.07, 6.45) is 5.41. The monoisotopic (exact) mass is 299 g/mol. The van der Waals surface area contributed by atoms with E-state index in [-0.39, 0.29) is 17.5 Å². The van der Waals surface area contributed by atoms with Crippen molar-refractivity contribution in [1.29, 1.82) is 0 Å². The van der Waals surface area contributed by atoms with Crippen LogP contribution in [0.2, 0.25) is 5.02 Å². The van der Waals surface area contributed by atoms with Crippen LogP contribution in [0.3, 0.4) is 0 Å². The van der Waals surface area contributed by atoms with E-state index in [1.807, 2.05) is 6.92 Å². The molecular weight excluding hydrogens is 277 g/mol. The maximum absolute atomic E-state index is 14.3. The Bertz CT molecular complexity index is 446. The lowest BCUT2D eigenvalue weighted by Gasteiger charge is -2.43. The van der Waals surface area contributed by atoms with Gasteiger partial charge in [0, 0.05) is 17.7 Å². The number of rotatable bonds is 5. The third-order valence-corrected chi connectivity index (χ3v) is 4.55. The minimum Gasteiger partial charge on any atom is -0.376 e. The standard InChI is InChI=1S/C16H23ClFNO/c1-3-19-15(13-8-7-12(17)11-14(13)18)16(20-2)9-5-4-6-10-16/h7-8,11,15,19H,3-6,9-10H2,1-2H3. The summed E-state index contributed by atoms with van der Waals surface area (Å²) in [5, 5.41) is 3.84. The summed E-state index contributed by atoms with van der Waals surface area (Å²) in [6.45, 7) is 2.81. The van der Waals surface area contributed by atoms with Crippen LogP contribution in [0.4, 0.5) is 4.39 Å². The number of likely N-dealkylation sites (N-methyl/N-ethyl adjacent to an activating group) is 1. The Hall–Kier alpha value is -0.640. The highest BCUT2D eigenvalue weighted by atomic mass is 35.5. The van der Waals surface area contributed by atoms with E-state index in [1.54, 1.807) is 19.2 Å². The first-order valence-electron chi connectivity index (χ1n) is 7.36. The number of nitrogens with one attached hydrogen (secondary N) is 1. The van der Waals surface area contributed by atoms with Gasteiger partial charge in [-0.3, -0.25) is 0 Å². The van der Waals surface area contributed by atoms with Gasteiger partial charge < -0.3 is 10.1 Å². The van der Waals surface area contributed by atoms with Gasteiger partial charge in [-0.1, -0.05) is 43.9 Å². The molecule has 0 amide bonds. The molecule has 1 unspecified atom stereocenters. The molecule has 2 rings (SSSR count). The van der Waals surface area contributed by atoms with E-state index in [0.717, 1.165) is 32.2 Å². The van der Waals surface area contributed by atoms with Crippen LogP contribution in [0.15, 0.2) is 18.2 Å². The summed E-state index contributed by atoms with van der Waals surface area (Å²) in [6, 6.07) is 4.78. The quantitative estimate of drug-likeness (QED) is 0.865. The maximum Gasteiger partial charge on any atom is 0.129 e. The third-order valence-electron chi connectivity index (χ3n) is 4.31. The molecule has 1 aliphatic carbocycles. The average Bonchev–Trinajstić information content (AvgIpc) is 2.46.